The molecule has 0 saturated carbocycles. The minimum Gasteiger partial charge on any atom is -0.477 e. The van der Waals surface area contributed by atoms with Gasteiger partial charge in [0.15, 0.2) is 0 Å². The fourth-order valence-corrected chi connectivity index (χ4v) is 5.53. The van der Waals surface area contributed by atoms with Gasteiger partial charge in [-0.2, -0.15) is 5.26 Å². The molecule has 1 aliphatic heterocycles. The van der Waals surface area contributed by atoms with Crippen LogP contribution >= 0.6 is 11.3 Å². The molecule has 0 bridgehead atoms. The lowest BCUT2D eigenvalue weighted by Gasteiger charge is -2.47. The Morgan fingerprint density at radius 3 is 2.59 bits per heavy atom. The fraction of sp³-hybridized carbons (Fsp3) is 0.241. The van der Waals surface area contributed by atoms with Crippen LogP contribution in [0.3, 0.4) is 0 Å². The van der Waals surface area contributed by atoms with Crippen molar-refractivity contribution in [3.8, 4) is 6.07 Å². The van der Waals surface area contributed by atoms with Crippen LogP contribution in [-0.4, -0.2) is 16.6 Å². The first-order valence-electron chi connectivity index (χ1n) is 11.4. The van der Waals surface area contributed by atoms with E-state index in [0.29, 0.717) is 5.92 Å². The van der Waals surface area contributed by atoms with Crippen molar-refractivity contribution in [1.29, 1.82) is 5.26 Å². The molecule has 1 atom stereocenters. The van der Waals surface area contributed by atoms with E-state index in [2.05, 4.69) is 80.3 Å². The zero-order valence-electron chi connectivity index (χ0n) is 19.7. The lowest BCUT2D eigenvalue weighted by atomic mass is 9.79. The molecule has 4 rings (SSSR count). The number of anilines is 1. The summed E-state index contributed by atoms with van der Waals surface area (Å²) in [6, 6.07) is 22.8. The first-order chi connectivity index (χ1) is 16.3. The van der Waals surface area contributed by atoms with Crippen LogP contribution in [-0.2, 0) is 11.3 Å². The molecule has 0 fully saturated rings. The third-order valence-corrected chi connectivity index (χ3v) is 7.32. The van der Waals surface area contributed by atoms with Gasteiger partial charge >= 0.3 is 5.97 Å². The summed E-state index contributed by atoms with van der Waals surface area (Å²) in [7, 11) is 0. The molecule has 0 radical (unpaired) electrons. The quantitative estimate of drug-likeness (QED) is 0.307. The third-order valence-electron chi connectivity index (χ3n) is 6.32. The SMILES string of the molecule is CC1CC(C)(C)N(Cc2ccccc2)c2ccc(/C=C/c3ccc(/C=C(/C#N)C(=O)O)s3)cc21. The number of rotatable bonds is 6. The second-order valence-corrected chi connectivity index (χ2v) is 10.5. The summed E-state index contributed by atoms with van der Waals surface area (Å²) in [6.07, 6.45) is 6.63. The number of hydrogen-bond acceptors (Lipinski definition) is 4. The Bertz CT molecular complexity index is 1300. The molecule has 172 valence electrons. The molecule has 0 amide bonds. The molecule has 5 heteroatoms. The van der Waals surface area contributed by atoms with Gasteiger partial charge in [0.2, 0.25) is 0 Å². The Labute approximate surface area is 205 Å². The van der Waals surface area contributed by atoms with E-state index in [4.69, 9.17) is 10.4 Å². The fourth-order valence-electron chi connectivity index (χ4n) is 4.68. The van der Waals surface area contributed by atoms with E-state index in [1.54, 1.807) is 6.07 Å². The van der Waals surface area contributed by atoms with Crippen molar-refractivity contribution in [1.82, 2.24) is 0 Å². The van der Waals surface area contributed by atoms with Crippen molar-refractivity contribution in [2.24, 2.45) is 0 Å². The maximum atomic E-state index is 11.1. The number of nitrogens with zero attached hydrogens (tertiary/aromatic N) is 2. The number of nitriles is 1. The zero-order chi connectivity index (χ0) is 24.3. The summed E-state index contributed by atoms with van der Waals surface area (Å²) in [5, 5.41) is 18.0. The van der Waals surface area contributed by atoms with E-state index in [9.17, 15) is 4.79 Å². The molecule has 1 aliphatic rings. The van der Waals surface area contributed by atoms with Crippen LogP contribution < -0.4 is 4.90 Å². The van der Waals surface area contributed by atoms with Gasteiger partial charge in [-0.05, 0) is 79.3 Å². The van der Waals surface area contributed by atoms with Gasteiger partial charge in [-0.25, -0.2) is 4.79 Å². The van der Waals surface area contributed by atoms with E-state index >= 15 is 0 Å². The molecule has 3 aromatic rings. The van der Waals surface area contributed by atoms with Gasteiger partial charge in [0.1, 0.15) is 11.6 Å². The number of carboxylic acids is 1. The maximum absolute atomic E-state index is 11.1. The molecule has 4 nitrogen and oxygen atoms in total. The Morgan fingerprint density at radius 2 is 1.88 bits per heavy atom. The molecular weight excluding hydrogens is 440 g/mol. The minimum absolute atomic E-state index is 0.0682. The molecule has 1 aromatic heterocycles. The van der Waals surface area contributed by atoms with E-state index in [1.807, 2.05) is 18.2 Å². The summed E-state index contributed by atoms with van der Waals surface area (Å²) < 4.78 is 0. The van der Waals surface area contributed by atoms with Crippen molar-refractivity contribution >= 4 is 41.2 Å². The molecule has 1 unspecified atom stereocenters. The van der Waals surface area contributed by atoms with Crippen molar-refractivity contribution in [3.63, 3.8) is 0 Å². The van der Waals surface area contributed by atoms with Crippen LogP contribution in [0.25, 0.3) is 18.2 Å². The first-order valence-corrected chi connectivity index (χ1v) is 12.2. The number of carboxylic acid groups (broad SMARTS) is 1. The van der Waals surface area contributed by atoms with Gasteiger partial charge in [0.05, 0.1) is 0 Å². The van der Waals surface area contributed by atoms with E-state index < -0.39 is 5.97 Å². The molecule has 1 N–H and O–H groups in total. The van der Waals surface area contributed by atoms with Gasteiger partial charge in [0.25, 0.3) is 0 Å². The van der Waals surface area contributed by atoms with Crippen molar-refractivity contribution in [2.75, 3.05) is 4.90 Å². The highest BCUT2D eigenvalue weighted by molar-refractivity contribution is 7.13. The lowest BCUT2D eigenvalue weighted by molar-refractivity contribution is -0.132. The lowest BCUT2D eigenvalue weighted by Crippen LogP contribution is -2.47. The van der Waals surface area contributed by atoms with Crippen LogP contribution in [0.5, 0.6) is 0 Å². The Balaban J connectivity index is 1.59. The molecule has 2 aromatic carbocycles. The first kappa shape index (κ1) is 23.5. The zero-order valence-corrected chi connectivity index (χ0v) is 20.5. The van der Waals surface area contributed by atoms with Crippen LogP contribution in [0.2, 0.25) is 0 Å². The van der Waals surface area contributed by atoms with Crippen molar-refractivity contribution in [3.05, 3.63) is 92.7 Å². The number of hydrogen-bond donors (Lipinski definition) is 1. The van der Waals surface area contributed by atoms with Gasteiger partial charge in [-0.3, -0.25) is 0 Å². The average molecular weight is 469 g/mol. The smallest absolute Gasteiger partial charge is 0.346 e. The molecule has 34 heavy (non-hydrogen) atoms. The van der Waals surface area contributed by atoms with Crippen LogP contribution in [0.1, 0.15) is 59.6 Å². The Hall–Kier alpha value is -3.62. The third kappa shape index (κ3) is 5.13. The molecule has 0 saturated heterocycles. The standard InChI is InChI=1S/C29H28N2O2S/c1-20-17-29(2,3)31(19-22-7-5-4-6-8-22)27-14-10-21(15-26(20)27)9-11-24-12-13-25(34-24)16-23(18-30)28(32)33/h4-16,20H,17,19H2,1-3H3,(H,32,33)/b11-9+,23-16-. The highest BCUT2D eigenvalue weighted by Crippen LogP contribution is 2.44. The highest BCUT2D eigenvalue weighted by atomic mass is 32.1. The van der Waals surface area contributed by atoms with E-state index in [-0.39, 0.29) is 11.1 Å². The van der Waals surface area contributed by atoms with Gasteiger partial charge in [-0.15, -0.1) is 11.3 Å². The second-order valence-electron chi connectivity index (χ2n) is 9.36. The molecule has 0 aliphatic carbocycles. The number of thiophene rings is 1. The number of carbonyl (C=O) groups is 1. The van der Waals surface area contributed by atoms with Crippen molar-refractivity contribution in [2.45, 2.75) is 45.2 Å². The summed E-state index contributed by atoms with van der Waals surface area (Å²) >= 11 is 1.46. The van der Waals surface area contributed by atoms with Crippen LogP contribution in [0.4, 0.5) is 5.69 Å². The average Bonchev–Trinajstić information content (AvgIpc) is 3.26. The topological polar surface area (TPSA) is 64.3 Å². The highest BCUT2D eigenvalue weighted by Gasteiger charge is 2.36. The predicted octanol–water partition coefficient (Wildman–Crippen LogP) is 7.20. The van der Waals surface area contributed by atoms with Gasteiger partial charge in [-0.1, -0.05) is 49.4 Å². The van der Waals surface area contributed by atoms with Gasteiger partial charge in [0, 0.05) is 27.5 Å². The summed E-state index contributed by atoms with van der Waals surface area (Å²) in [4.78, 5) is 15.3. The maximum Gasteiger partial charge on any atom is 0.346 e. The van der Waals surface area contributed by atoms with Crippen LogP contribution in [0, 0.1) is 11.3 Å². The largest absolute Gasteiger partial charge is 0.477 e. The summed E-state index contributed by atoms with van der Waals surface area (Å²) in [5.74, 6) is -0.745. The van der Waals surface area contributed by atoms with E-state index in [1.165, 1.54) is 34.2 Å². The van der Waals surface area contributed by atoms with Crippen molar-refractivity contribution < 1.29 is 9.90 Å². The molecule has 0 spiro atoms. The second kappa shape index (κ2) is 9.70. The Morgan fingerprint density at radius 1 is 1.15 bits per heavy atom. The number of fused-ring (bicyclic) bond motifs is 1. The number of benzene rings is 2. The summed E-state index contributed by atoms with van der Waals surface area (Å²) in [5.41, 5.74) is 4.92. The summed E-state index contributed by atoms with van der Waals surface area (Å²) in [6.45, 7) is 7.85. The van der Waals surface area contributed by atoms with Gasteiger partial charge < -0.3 is 10.0 Å². The monoisotopic (exact) mass is 468 g/mol. The molecular formula is C29H28N2O2S. The van der Waals surface area contributed by atoms with Crippen LogP contribution in [0.15, 0.2) is 66.2 Å². The number of aliphatic carboxylic acids is 1. The Kier molecular flexibility index (Phi) is 6.72. The predicted molar refractivity (Wildman–Crippen MR) is 141 cm³/mol. The molecule has 2 heterocycles. The van der Waals surface area contributed by atoms with E-state index in [0.717, 1.165) is 28.3 Å². The normalized spacial score (nSPS) is 17.4. The minimum atomic E-state index is -1.21.